The summed E-state index contributed by atoms with van der Waals surface area (Å²) in [5, 5.41) is 21.1. The van der Waals surface area contributed by atoms with Gasteiger partial charge in [0.15, 0.2) is 0 Å². The van der Waals surface area contributed by atoms with Gasteiger partial charge >= 0.3 is 0 Å². The Morgan fingerprint density at radius 1 is 1.19 bits per heavy atom. The number of rotatable bonds is 9. The van der Waals surface area contributed by atoms with E-state index in [0.717, 1.165) is 115 Å². The predicted octanol–water partition coefficient (Wildman–Crippen LogP) is 4.16. The molecule has 3 aliphatic rings. The first-order chi connectivity index (χ1) is 21.0. The summed E-state index contributed by atoms with van der Waals surface area (Å²) in [6.07, 6.45) is 8.58. The number of aromatic nitrogens is 1. The van der Waals surface area contributed by atoms with Gasteiger partial charge in [0, 0.05) is 62.1 Å². The Hall–Kier alpha value is -3.03. The van der Waals surface area contributed by atoms with Crippen molar-refractivity contribution in [2.24, 2.45) is 4.99 Å². The van der Waals surface area contributed by atoms with Crippen LogP contribution >= 0.6 is 9.24 Å². The molecule has 228 valence electrons. The van der Waals surface area contributed by atoms with Crippen LogP contribution in [0.4, 0.5) is 0 Å². The van der Waals surface area contributed by atoms with Gasteiger partial charge in [-0.25, -0.2) is 4.99 Å². The molecule has 8 nitrogen and oxygen atoms in total. The summed E-state index contributed by atoms with van der Waals surface area (Å²) in [6, 6.07) is 12.8. The Morgan fingerprint density at radius 3 is 2.72 bits per heavy atom. The number of nitrogens with one attached hydrogen (secondary N) is 2. The van der Waals surface area contributed by atoms with Gasteiger partial charge in [-0.15, -0.1) is 9.24 Å². The Kier molecular flexibility index (Phi) is 9.58. The van der Waals surface area contributed by atoms with Crippen LogP contribution in [-0.4, -0.2) is 90.3 Å². The number of hydrogen-bond donors (Lipinski definition) is 3. The maximum Gasteiger partial charge on any atom is 0.140 e. The highest BCUT2D eigenvalue weighted by molar-refractivity contribution is 7.28. The van der Waals surface area contributed by atoms with E-state index in [2.05, 4.69) is 55.7 Å². The average molecular weight is 601 g/mol. The van der Waals surface area contributed by atoms with Gasteiger partial charge in [-0.3, -0.25) is 9.88 Å². The normalized spacial score (nSPS) is 21.5. The molecule has 3 unspecified atom stereocenters. The van der Waals surface area contributed by atoms with Crippen LogP contribution in [0.3, 0.4) is 0 Å². The maximum absolute atomic E-state index is 10.5. The molecule has 3 aliphatic heterocycles. The SMILES string of the molecule is CC/C=C(/N=C(\c1cnc(-c2cc(O)cc3ccccc23)c(P)c1C)N1CC2CCC(C1)N2)NCCCN1CCOCC1. The summed E-state index contributed by atoms with van der Waals surface area (Å²) in [5.74, 6) is 2.16. The number of nitrogens with zero attached hydrogens (tertiary/aromatic N) is 4. The molecule has 0 aliphatic carbocycles. The number of benzene rings is 2. The molecule has 0 saturated carbocycles. The summed E-state index contributed by atoms with van der Waals surface area (Å²) >= 11 is 0. The lowest BCUT2D eigenvalue weighted by Gasteiger charge is -2.36. The van der Waals surface area contributed by atoms with Crippen LogP contribution in [-0.2, 0) is 4.74 Å². The monoisotopic (exact) mass is 600 g/mol. The molecule has 1 aromatic heterocycles. The summed E-state index contributed by atoms with van der Waals surface area (Å²) in [5.41, 5.74) is 3.98. The van der Waals surface area contributed by atoms with Crippen molar-refractivity contribution in [3.63, 3.8) is 0 Å². The molecule has 3 N–H and O–H groups in total. The van der Waals surface area contributed by atoms with Crippen molar-refractivity contribution < 1.29 is 9.84 Å². The second-order valence-electron chi connectivity index (χ2n) is 12.0. The smallest absolute Gasteiger partial charge is 0.140 e. The summed E-state index contributed by atoms with van der Waals surface area (Å²) < 4.78 is 5.50. The highest BCUT2D eigenvalue weighted by Crippen LogP contribution is 2.33. The molecule has 2 bridgehead atoms. The fraction of sp³-hybridized carbons (Fsp3) is 0.471. The van der Waals surface area contributed by atoms with Crippen molar-refractivity contribution in [2.45, 2.75) is 51.6 Å². The first kappa shape index (κ1) is 30.0. The van der Waals surface area contributed by atoms with Crippen molar-refractivity contribution in [3.05, 3.63) is 65.6 Å². The minimum absolute atomic E-state index is 0.245. The lowest BCUT2D eigenvalue weighted by molar-refractivity contribution is 0.0375. The number of allylic oxidation sites excluding steroid dienone is 1. The number of likely N-dealkylation sites (tertiary alicyclic amines) is 1. The van der Waals surface area contributed by atoms with Crippen LogP contribution < -0.4 is 15.9 Å². The van der Waals surface area contributed by atoms with Gasteiger partial charge in [0.05, 0.1) is 18.9 Å². The molecule has 43 heavy (non-hydrogen) atoms. The molecule has 3 aromatic rings. The number of piperazine rings is 1. The molecule has 9 heteroatoms. The van der Waals surface area contributed by atoms with E-state index in [1.807, 2.05) is 36.5 Å². The number of pyridine rings is 1. The van der Waals surface area contributed by atoms with E-state index in [9.17, 15) is 5.11 Å². The minimum Gasteiger partial charge on any atom is -0.508 e. The quantitative estimate of drug-likeness (QED) is 0.147. The molecular formula is C34H45N6O2P. The zero-order valence-electron chi connectivity index (χ0n) is 25.5. The first-order valence-electron chi connectivity index (χ1n) is 15.8. The van der Waals surface area contributed by atoms with Crippen LogP contribution in [0.2, 0.25) is 0 Å². The van der Waals surface area contributed by atoms with Crippen molar-refractivity contribution in [3.8, 4) is 17.0 Å². The van der Waals surface area contributed by atoms with Gasteiger partial charge in [0.25, 0.3) is 0 Å². The summed E-state index contributed by atoms with van der Waals surface area (Å²) in [7, 11) is 2.93. The van der Waals surface area contributed by atoms with Crippen LogP contribution in [0.25, 0.3) is 22.0 Å². The molecule has 0 radical (unpaired) electrons. The molecular weight excluding hydrogens is 555 g/mol. The lowest BCUT2D eigenvalue weighted by Crippen LogP contribution is -2.53. The lowest BCUT2D eigenvalue weighted by atomic mass is 9.98. The van der Waals surface area contributed by atoms with Crippen LogP contribution in [0, 0.1) is 6.92 Å². The van der Waals surface area contributed by atoms with E-state index in [0.29, 0.717) is 12.1 Å². The fourth-order valence-electron chi connectivity index (χ4n) is 6.63. The Balaban J connectivity index is 1.32. The molecule has 0 spiro atoms. The third-order valence-corrected chi connectivity index (χ3v) is 9.64. The maximum atomic E-state index is 10.5. The highest BCUT2D eigenvalue weighted by Gasteiger charge is 2.34. The number of aliphatic imine (C=N–C) groups is 1. The number of hydrogen-bond acceptors (Lipinski definition) is 7. The summed E-state index contributed by atoms with van der Waals surface area (Å²) in [4.78, 5) is 15.3. The minimum atomic E-state index is 0.245. The molecule has 6 rings (SSSR count). The Morgan fingerprint density at radius 2 is 1.95 bits per heavy atom. The molecule has 3 fully saturated rings. The van der Waals surface area contributed by atoms with E-state index in [1.165, 1.54) is 12.8 Å². The van der Waals surface area contributed by atoms with Gasteiger partial charge in [0.2, 0.25) is 0 Å². The van der Waals surface area contributed by atoms with Gasteiger partial charge in [0.1, 0.15) is 17.4 Å². The standard InChI is InChI=1S/C34H45N6O2P/c1-3-7-31(35-12-6-13-39-14-16-42-17-15-39)38-34(40-21-25-10-11-26(22-40)37-25)30-20-36-32(33(43)23(30)2)29-19-27(41)18-24-8-4-5-9-28(24)29/h4-5,7-9,18-20,25-26,35,37,41H,3,6,10-17,21-22,43H2,1-2H3/b31-7+,38-34+. The highest BCUT2D eigenvalue weighted by atomic mass is 31.0. The van der Waals surface area contributed by atoms with Crippen LogP contribution in [0.15, 0.2) is 59.5 Å². The second kappa shape index (κ2) is 13.7. The van der Waals surface area contributed by atoms with E-state index < -0.39 is 0 Å². The van der Waals surface area contributed by atoms with E-state index in [1.54, 1.807) is 0 Å². The third kappa shape index (κ3) is 6.88. The number of aromatic hydroxyl groups is 1. The zero-order valence-corrected chi connectivity index (χ0v) is 26.6. The molecule has 0 amide bonds. The number of phenolic OH excluding ortho intramolecular Hbond substituents is 1. The first-order valence-corrected chi connectivity index (χ1v) is 16.4. The van der Waals surface area contributed by atoms with Crippen molar-refractivity contribution in [1.29, 1.82) is 0 Å². The van der Waals surface area contributed by atoms with Crippen molar-refractivity contribution >= 4 is 31.2 Å². The van der Waals surface area contributed by atoms with Gasteiger partial charge < -0.3 is 25.4 Å². The fourth-order valence-corrected chi connectivity index (χ4v) is 7.01. The number of phenols is 1. The van der Waals surface area contributed by atoms with Gasteiger partial charge in [-0.1, -0.05) is 31.2 Å². The average Bonchev–Trinajstić information content (AvgIpc) is 3.36. The molecule has 3 saturated heterocycles. The summed E-state index contributed by atoms with van der Waals surface area (Å²) in [6.45, 7) is 11.9. The number of amidine groups is 1. The molecule has 4 heterocycles. The largest absolute Gasteiger partial charge is 0.508 e. The zero-order chi connectivity index (χ0) is 29.8. The number of fused-ring (bicyclic) bond motifs is 3. The van der Waals surface area contributed by atoms with Crippen molar-refractivity contribution in [1.82, 2.24) is 25.4 Å². The van der Waals surface area contributed by atoms with E-state index in [-0.39, 0.29) is 5.75 Å². The van der Waals surface area contributed by atoms with Gasteiger partial charge in [-0.2, -0.15) is 0 Å². The third-order valence-electron chi connectivity index (χ3n) is 8.93. The molecule has 2 aromatic carbocycles. The predicted molar refractivity (Wildman–Crippen MR) is 179 cm³/mol. The number of ether oxygens (including phenoxy) is 1. The van der Waals surface area contributed by atoms with Crippen molar-refractivity contribution in [2.75, 3.05) is 52.5 Å². The Labute approximate surface area is 257 Å². The van der Waals surface area contributed by atoms with E-state index in [4.69, 9.17) is 14.7 Å². The van der Waals surface area contributed by atoms with Gasteiger partial charge in [-0.05, 0) is 79.0 Å². The van der Waals surface area contributed by atoms with Crippen LogP contribution in [0.5, 0.6) is 5.75 Å². The second-order valence-corrected chi connectivity index (χ2v) is 12.6. The number of morpholine rings is 1. The molecule has 3 atom stereocenters. The topological polar surface area (TPSA) is 85.2 Å². The van der Waals surface area contributed by atoms with E-state index >= 15 is 0 Å². The Bertz CT molecular complexity index is 1490. The van der Waals surface area contributed by atoms with Crippen LogP contribution in [0.1, 0.15) is 43.7 Å².